The van der Waals surface area contributed by atoms with E-state index in [1.54, 1.807) is 18.2 Å². The largest absolute Gasteiger partial charge is 0.486 e. The van der Waals surface area contributed by atoms with Crippen molar-refractivity contribution in [3.05, 3.63) is 84.2 Å². The van der Waals surface area contributed by atoms with E-state index in [1.165, 1.54) is 31.3 Å². The standard InChI is InChI=1S/C13H11NO3.C8H10AsNO5/c15-13(16)12-11(7-4-8-14-12)17-9-10-5-2-1-3-6-10;1-6(11)10-8-5-3-2-4-7(8)9(12,13)15-14/h1-8H,9H2,(H,15,16);2-5,14H,1H3,(H,10,11)(H,12,13). The first kappa shape index (κ1) is 24.8. The predicted octanol–water partition coefficient (Wildman–Crippen LogP) is 2.06. The second kappa shape index (κ2) is 11.8. The smallest absolute Gasteiger partial charge is 0.358 e. The number of para-hydroxylation sites is 1. The Morgan fingerprint density at radius 2 is 1.69 bits per heavy atom. The maximum Gasteiger partial charge on any atom is 0.358 e. The molecular formula is C21H21AsN2O8. The normalized spacial score (nSPS) is 12.0. The zero-order chi connectivity index (χ0) is 23.6. The van der Waals surface area contributed by atoms with E-state index in [0.29, 0.717) is 6.61 Å². The third kappa shape index (κ3) is 7.36. The Hall–Kier alpha value is -3.43. The molecule has 0 saturated carbocycles. The van der Waals surface area contributed by atoms with Gasteiger partial charge in [-0.25, -0.2) is 9.78 Å². The maximum atomic E-state index is 11.4. The van der Waals surface area contributed by atoms with Crippen molar-refractivity contribution >= 4 is 36.1 Å². The molecule has 1 unspecified atom stereocenters. The summed E-state index contributed by atoms with van der Waals surface area (Å²) in [6.07, 6.45) is 1.43. The monoisotopic (exact) mass is 504 g/mol. The van der Waals surface area contributed by atoms with E-state index in [2.05, 4.69) is 14.2 Å². The second-order valence-electron chi connectivity index (χ2n) is 6.23. The number of aromatic carboxylic acids is 1. The summed E-state index contributed by atoms with van der Waals surface area (Å²) in [4.78, 5) is 25.5. The van der Waals surface area contributed by atoms with Crippen molar-refractivity contribution in [2.24, 2.45) is 0 Å². The van der Waals surface area contributed by atoms with Gasteiger partial charge in [-0.3, -0.25) is 0 Å². The first-order valence-corrected chi connectivity index (χ1v) is 12.4. The molecule has 0 aliphatic carbocycles. The number of ether oxygens (including phenoxy) is 1. The summed E-state index contributed by atoms with van der Waals surface area (Å²) in [6.45, 7) is 1.60. The summed E-state index contributed by atoms with van der Waals surface area (Å²) >= 11 is -4.92. The molecule has 1 atom stereocenters. The van der Waals surface area contributed by atoms with Crippen LogP contribution in [-0.4, -0.2) is 45.5 Å². The van der Waals surface area contributed by atoms with Crippen molar-refractivity contribution < 1.29 is 36.4 Å². The molecule has 0 saturated heterocycles. The number of carboxylic acids is 1. The van der Waals surface area contributed by atoms with Gasteiger partial charge in [0, 0.05) is 6.20 Å². The molecule has 4 N–H and O–H groups in total. The SMILES string of the molecule is CC(=O)Nc1ccccc1[As](=O)(O)OO.O=C(O)c1ncccc1OCc1ccccc1. The van der Waals surface area contributed by atoms with Crippen LogP contribution in [0.3, 0.4) is 0 Å². The molecule has 1 amide bonds. The number of rotatable bonds is 7. The van der Waals surface area contributed by atoms with E-state index in [1.807, 2.05) is 30.3 Å². The van der Waals surface area contributed by atoms with Gasteiger partial charge >= 0.3 is 94.4 Å². The molecule has 168 valence electrons. The van der Waals surface area contributed by atoms with Gasteiger partial charge in [0.05, 0.1) is 0 Å². The summed E-state index contributed by atoms with van der Waals surface area (Å²) in [5, 5.41) is 19.6. The number of amides is 1. The second-order valence-corrected chi connectivity index (χ2v) is 9.77. The van der Waals surface area contributed by atoms with Gasteiger partial charge in [0.2, 0.25) is 0 Å². The van der Waals surface area contributed by atoms with Gasteiger partial charge in [0.25, 0.3) is 0 Å². The molecule has 0 bridgehead atoms. The molecule has 2 aromatic carbocycles. The fourth-order valence-corrected chi connectivity index (χ4v) is 4.14. The molecule has 32 heavy (non-hydrogen) atoms. The predicted molar refractivity (Wildman–Crippen MR) is 115 cm³/mol. The summed E-state index contributed by atoms with van der Waals surface area (Å²) in [6, 6.07) is 18.6. The Bertz CT molecular complexity index is 1110. The minimum absolute atomic E-state index is 0.0663. The molecular weight excluding hydrogens is 483 g/mol. The topological polar surface area (TPSA) is 155 Å². The number of hydrogen-bond acceptors (Lipinski definition) is 7. The zero-order valence-corrected chi connectivity index (χ0v) is 18.8. The molecule has 11 heteroatoms. The number of carbonyl (C=O) groups is 2. The van der Waals surface area contributed by atoms with Crippen LogP contribution in [0.25, 0.3) is 0 Å². The van der Waals surface area contributed by atoms with Crippen molar-refractivity contribution in [1.82, 2.24) is 4.98 Å². The van der Waals surface area contributed by atoms with E-state index in [4.69, 9.17) is 15.1 Å². The third-order valence-corrected chi connectivity index (χ3v) is 6.40. The number of nitrogens with one attached hydrogen (secondary N) is 1. The van der Waals surface area contributed by atoms with E-state index in [0.717, 1.165) is 5.56 Å². The summed E-state index contributed by atoms with van der Waals surface area (Å²) in [5.74, 6) is -1.19. The average Bonchev–Trinajstić information content (AvgIpc) is 2.79. The Kier molecular flexibility index (Phi) is 9.18. The van der Waals surface area contributed by atoms with Gasteiger partial charge < -0.3 is 9.84 Å². The minimum atomic E-state index is -4.92. The number of nitrogens with zero attached hydrogens (tertiary/aromatic N) is 1. The minimum Gasteiger partial charge on any atom is -0.486 e. The van der Waals surface area contributed by atoms with Crippen LogP contribution in [0.1, 0.15) is 23.0 Å². The fourth-order valence-electron chi connectivity index (χ4n) is 2.46. The first-order valence-electron chi connectivity index (χ1n) is 9.12. The molecule has 0 radical (unpaired) electrons. The van der Waals surface area contributed by atoms with Gasteiger partial charge in [-0.15, -0.1) is 0 Å². The van der Waals surface area contributed by atoms with E-state index < -0.39 is 20.1 Å². The van der Waals surface area contributed by atoms with Gasteiger partial charge in [0.1, 0.15) is 6.61 Å². The fraction of sp³-hybridized carbons (Fsp3) is 0.0952. The average molecular weight is 504 g/mol. The van der Waals surface area contributed by atoms with Crippen LogP contribution in [0.15, 0.2) is 72.9 Å². The van der Waals surface area contributed by atoms with Gasteiger partial charge in [-0.2, -0.15) is 0 Å². The quantitative estimate of drug-likeness (QED) is 0.215. The molecule has 3 aromatic rings. The van der Waals surface area contributed by atoms with Crippen molar-refractivity contribution in [1.29, 1.82) is 0 Å². The van der Waals surface area contributed by atoms with Crippen LogP contribution in [0.4, 0.5) is 5.69 Å². The van der Waals surface area contributed by atoms with Crippen molar-refractivity contribution in [3.8, 4) is 5.75 Å². The Balaban J connectivity index is 0.000000229. The van der Waals surface area contributed by atoms with Gasteiger partial charge in [-0.05, 0) is 17.7 Å². The molecule has 0 fully saturated rings. The summed E-state index contributed by atoms with van der Waals surface area (Å²) in [5.41, 5.74) is 1.07. The summed E-state index contributed by atoms with van der Waals surface area (Å²) < 4.78 is 29.6. The number of carboxylic acid groups (broad SMARTS) is 1. The maximum absolute atomic E-state index is 11.4. The van der Waals surface area contributed by atoms with Crippen molar-refractivity contribution in [2.75, 3.05) is 5.32 Å². The zero-order valence-electron chi connectivity index (χ0n) is 16.9. The molecule has 0 aliphatic rings. The first-order chi connectivity index (χ1) is 15.2. The molecule has 10 nitrogen and oxygen atoms in total. The molecule has 1 aromatic heterocycles. The number of pyridine rings is 1. The molecule has 0 spiro atoms. The van der Waals surface area contributed by atoms with Crippen LogP contribution in [0.5, 0.6) is 5.75 Å². The molecule has 1 heterocycles. The number of carbonyl (C=O) groups excluding carboxylic acids is 1. The summed E-state index contributed by atoms with van der Waals surface area (Å²) in [7, 11) is 0. The van der Waals surface area contributed by atoms with Crippen molar-refractivity contribution in [3.63, 3.8) is 0 Å². The van der Waals surface area contributed by atoms with E-state index >= 15 is 0 Å². The van der Waals surface area contributed by atoms with Crippen molar-refractivity contribution in [2.45, 2.75) is 13.5 Å². The number of anilines is 1. The van der Waals surface area contributed by atoms with Gasteiger partial charge in [0.15, 0.2) is 11.4 Å². The third-order valence-electron chi connectivity index (χ3n) is 3.84. The Morgan fingerprint density at radius 1 is 1.03 bits per heavy atom. The number of benzene rings is 2. The molecule has 3 rings (SSSR count). The van der Waals surface area contributed by atoms with E-state index in [9.17, 15) is 17.4 Å². The molecule has 0 aliphatic heterocycles. The van der Waals surface area contributed by atoms with Crippen LogP contribution in [0.2, 0.25) is 0 Å². The van der Waals surface area contributed by atoms with Crippen LogP contribution in [0, 0.1) is 0 Å². The van der Waals surface area contributed by atoms with Crippen LogP contribution in [-0.2, 0) is 19.0 Å². The van der Waals surface area contributed by atoms with Crippen LogP contribution < -0.4 is 14.4 Å². The Labute approximate surface area is 186 Å². The number of aromatic nitrogens is 1. The van der Waals surface area contributed by atoms with Gasteiger partial charge in [-0.1, -0.05) is 30.3 Å². The van der Waals surface area contributed by atoms with Crippen LogP contribution >= 0.6 is 0 Å². The van der Waals surface area contributed by atoms with E-state index in [-0.39, 0.29) is 27.4 Å². The Morgan fingerprint density at radius 3 is 2.31 bits per heavy atom. The number of hydrogen-bond donors (Lipinski definition) is 4.